The van der Waals surface area contributed by atoms with Crippen molar-refractivity contribution in [3.63, 3.8) is 0 Å². The molecular weight excluding hydrogens is 355 g/mol. The number of halogens is 2. The van der Waals surface area contributed by atoms with Gasteiger partial charge in [-0.1, -0.05) is 35.3 Å². The molecule has 2 N–H and O–H groups in total. The predicted octanol–water partition coefficient (Wildman–Crippen LogP) is 3.44. The van der Waals surface area contributed by atoms with Crippen molar-refractivity contribution in [3.8, 4) is 0 Å². The van der Waals surface area contributed by atoms with E-state index >= 15 is 0 Å². The summed E-state index contributed by atoms with van der Waals surface area (Å²) in [4.78, 5) is 24.5. The van der Waals surface area contributed by atoms with Crippen molar-refractivity contribution in [3.05, 3.63) is 63.6 Å². The number of hydrogen-bond acceptors (Lipinski definition) is 3. The topological polar surface area (TPSA) is 58.2 Å². The van der Waals surface area contributed by atoms with Crippen molar-refractivity contribution in [1.29, 1.82) is 0 Å². The van der Waals surface area contributed by atoms with Crippen molar-refractivity contribution in [2.45, 2.75) is 4.90 Å². The number of nitrogens with one attached hydrogen (secondary N) is 2. The van der Waals surface area contributed by atoms with Gasteiger partial charge in [0.2, 0.25) is 0 Å². The Labute approximate surface area is 149 Å². The van der Waals surface area contributed by atoms with Crippen LogP contribution in [0.3, 0.4) is 0 Å². The normalized spacial score (nSPS) is 10.2. The third-order valence-electron chi connectivity index (χ3n) is 3.02. The second kappa shape index (κ2) is 8.24. The van der Waals surface area contributed by atoms with E-state index in [2.05, 4.69) is 23.3 Å². The second-order valence-corrected chi connectivity index (χ2v) is 5.98. The van der Waals surface area contributed by atoms with Gasteiger partial charge in [-0.3, -0.25) is 9.59 Å². The molecule has 0 fully saturated rings. The standard InChI is InChI=1S/C16H14Cl2N2O2S/c17-10-5-6-11(13(18)9-10)15(21)19-7-8-20-16(22)12-3-1-2-4-14(12)23/h1-6,9,23H,7-8H2,(H,19,21)(H,20,22). The summed E-state index contributed by atoms with van der Waals surface area (Å²) in [5.41, 5.74) is 0.825. The Kier molecular flexibility index (Phi) is 6.33. The number of amides is 2. The lowest BCUT2D eigenvalue weighted by molar-refractivity contribution is 0.0926. The van der Waals surface area contributed by atoms with E-state index in [4.69, 9.17) is 23.2 Å². The Morgan fingerprint density at radius 1 is 0.913 bits per heavy atom. The van der Waals surface area contributed by atoms with Gasteiger partial charge >= 0.3 is 0 Å². The largest absolute Gasteiger partial charge is 0.350 e. The van der Waals surface area contributed by atoms with E-state index in [1.54, 1.807) is 36.4 Å². The molecular formula is C16H14Cl2N2O2S. The zero-order valence-electron chi connectivity index (χ0n) is 12.0. The highest BCUT2D eigenvalue weighted by molar-refractivity contribution is 7.80. The first-order valence-corrected chi connectivity index (χ1v) is 7.99. The molecule has 0 bridgehead atoms. The number of rotatable bonds is 5. The molecule has 2 amide bonds. The molecule has 23 heavy (non-hydrogen) atoms. The van der Waals surface area contributed by atoms with Crippen LogP contribution in [0.25, 0.3) is 0 Å². The van der Waals surface area contributed by atoms with E-state index in [0.717, 1.165) is 0 Å². The maximum absolute atomic E-state index is 12.0. The predicted molar refractivity (Wildman–Crippen MR) is 94.8 cm³/mol. The van der Waals surface area contributed by atoms with Gasteiger partial charge in [0.1, 0.15) is 0 Å². The van der Waals surface area contributed by atoms with Crippen molar-refractivity contribution in [1.82, 2.24) is 10.6 Å². The van der Waals surface area contributed by atoms with Crippen LogP contribution in [-0.2, 0) is 0 Å². The smallest absolute Gasteiger partial charge is 0.252 e. The maximum atomic E-state index is 12.0. The summed E-state index contributed by atoms with van der Waals surface area (Å²) >= 11 is 16.0. The molecule has 0 heterocycles. The molecule has 120 valence electrons. The lowest BCUT2D eigenvalue weighted by atomic mass is 10.2. The number of carbonyl (C=O) groups is 2. The van der Waals surface area contributed by atoms with Crippen molar-refractivity contribution < 1.29 is 9.59 Å². The summed E-state index contributed by atoms with van der Waals surface area (Å²) in [6, 6.07) is 11.6. The number of thiol groups is 1. The highest BCUT2D eigenvalue weighted by Gasteiger charge is 2.11. The summed E-state index contributed by atoms with van der Waals surface area (Å²) in [7, 11) is 0. The minimum absolute atomic E-state index is 0.241. The molecule has 0 aliphatic rings. The van der Waals surface area contributed by atoms with Gasteiger partial charge in [0.15, 0.2) is 0 Å². The van der Waals surface area contributed by atoms with Gasteiger partial charge in [-0.25, -0.2) is 0 Å². The van der Waals surface area contributed by atoms with Gasteiger partial charge in [-0.2, -0.15) is 0 Å². The molecule has 4 nitrogen and oxygen atoms in total. The fourth-order valence-electron chi connectivity index (χ4n) is 1.88. The van der Waals surface area contributed by atoms with E-state index in [-0.39, 0.29) is 29.9 Å². The zero-order chi connectivity index (χ0) is 16.8. The van der Waals surface area contributed by atoms with Crippen LogP contribution >= 0.6 is 35.8 Å². The van der Waals surface area contributed by atoms with Gasteiger partial charge in [0.05, 0.1) is 16.1 Å². The fraction of sp³-hybridized carbons (Fsp3) is 0.125. The first-order valence-electron chi connectivity index (χ1n) is 6.78. The first-order chi connectivity index (χ1) is 11.0. The van der Waals surface area contributed by atoms with Crippen LogP contribution < -0.4 is 10.6 Å². The van der Waals surface area contributed by atoms with E-state index in [0.29, 0.717) is 21.0 Å². The quantitative estimate of drug-likeness (QED) is 0.559. The Morgan fingerprint density at radius 3 is 2.13 bits per heavy atom. The molecule has 0 aliphatic heterocycles. The van der Waals surface area contributed by atoms with Crippen LogP contribution in [-0.4, -0.2) is 24.9 Å². The Hall–Kier alpha value is -1.69. The highest BCUT2D eigenvalue weighted by Crippen LogP contribution is 2.20. The van der Waals surface area contributed by atoms with E-state index < -0.39 is 0 Å². The molecule has 0 aliphatic carbocycles. The van der Waals surface area contributed by atoms with E-state index in [1.165, 1.54) is 6.07 Å². The van der Waals surface area contributed by atoms with Crippen LogP contribution in [0.4, 0.5) is 0 Å². The molecule has 0 saturated heterocycles. The summed E-state index contributed by atoms with van der Waals surface area (Å²) in [5.74, 6) is -0.565. The molecule has 0 saturated carbocycles. The molecule has 0 unspecified atom stereocenters. The van der Waals surface area contributed by atoms with E-state index in [9.17, 15) is 9.59 Å². The van der Waals surface area contributed by atoms with Crippen molar-refractivity contribution in [2.75, 3.05) is 13.1 Å². The summed E-state index contributed by atoms with van der Waals surface area (Å²) in [6.45, 7) is 0.566. The zero-order valence-corrected chi connectivity index (χ0v) is 14.4. The number of benzene rings is 2. The second-order valence-electron chi connectivity index (χ2n) is 4.65. The van der Waals surface area contributed by atoms with Crippen LogP contribution in [0, 0.1) is 0 Å². The third-order valence-corrected chi connectivity index (χ3v) is 3.96. The van der Waals surface area contributed by atoms with Gasteiger partial charge in [0, 0.05) is 23.0 Å². The third kappa shape index (κ3) is 4.89. The van der Waals surface area contributed by atoms with Crippen LogP contribution in [0.2, 0.25) is 10.0 Å². The number of carbonyl (C=O) groups excluding carboxylic acids is 2. The van der Waals surface area contributed by atoms with Crippen molar-refractivity contribution in [2.24, 2.45) is 0 Å². The van der Waals surface area contributed by atoms with Crippen LogP contribution in [0.15, 0.2) is 47.4 Å². The minimum atomic E-state index is -0.324. The highest BCUT2D eigenvalue weighted by atomic mass is 35.5. The molecule has 0 spiro atoms. The summed E-state index contributed by atoms with van der Waals surface area (Å²) in [5, 5.41) is 6.14. The first kappa shape index (κ1) is 17.7. The summed E-state index contributed by atoms with van der Waals surface area (Å²) in [6.07, 6.45) is 0. The average molecular weight is 369 g/mol. The molecule has 0 atom stereocenters. The molecule has 2 rings (SSSR count). The van der Waals surface area contributed by atoms with Gasteiger partial charge < -0.3 is 10.6 Å². The van der Waals surface area contributed by atoms with Gasteiger partial charge in [0.25, 0.3) is 11.8 Å². The molecule has 2 aromatic rings. The minimum Gasteiger partial charge on any atom is -0.350 e. The van der Waals surface area contributed by atoms with Crippen molar-refractivity contribution >= 4 is 47.6 Å². The maximum Gasteiger partial charge on any atom is 0.252 e. The summed E-state index contributed by atoms with van der Waals surface area (Å²) < 4.78 is 0. The van der Waals surface area contributed by atoms with E-state index in [1.807, 2.05) is 0 Å². The fourth-order valence-corrected chi connectivity index (χ4v) is 2.64. The van der Waals surface area contributed by atoms with Gasteiger partial charge in [-0.15, -0.1) is 12.6 Å². The number of hydrogen-bond donors (Lipinski definition) is 3. The lowest BCUT2D eigenvalue weighted by Crippen LogP contribution is -2.34. The SMILES string of the molecule is O=C(NCCNC(=O)c1ccc(Cl)cc1Cl)c1ccccc1S. The molecule has 2 aromatic carbocycles. The van der Waals surface area contributed by atoms with Crippen LogP contribution in [0.1, 0.15) is 20.7 Å². The van der Waals surface area contributed by atoms with Gasteiger partial charge in [-0.05, 0) is 30.3 Å². The lowest BCUT2D eigenvalue weighted by Gasteiger charge is -2.09. The molecule has 0 aromatic heterocycles. The average Bonchev–Trinajstić information content (AvgIpc) is 2.51. The Balaban J connectivity index is 1.82. The molecule has 7 heteroatoms. The Bertz CT molecular complexity index is 738. The Morgan fingerprint density at radius 2 is 1.52 bits per heavy atom. The van der Waals surface area contributed by atoms with Crippen LogP contribution in [0.5, 0.6) is 0 Å². The molecule has 0 radical (unpaired) electrons. The monoisotopic (exact) mass is 368 g/mol.